The smallest absolute Gasteiger partial charge is 0.275 e. The highest BCUT2D eigenvalue weighted by molar-refractivity contribution is 5.97. The van der Waals surface area contributed by atoms with Crippen LogP contribution < -0.4 is 5.43 Å². The highest BCUT2D eigenvalue weighted by atomic mass is 16.3. The molecule has 5 nitrogen and oxygen atoms in total. The molecule has 1 amide bonds. The van der Waals surface area contributed by atoms with E-state index in [1.165, 1.54) is 16.8 Å². The van der Waals surface area contributed by atoms with Crippen molar-refractivity contribution in [3.8, 4) is 11.4 Å². The molecule has 0 bridgehead atoms. The van der Waals surface area contributed by atoms with Crippen molar-refractivity contribution in [2.75, 3.05) is 0 Å². The minimum Gasteiger partial charge on any atom is -0.507 e. The molecule has 4 aromatic rings. The summed E-state index contributed by atoms with van der Waals surface area (Å²) in [6.07, 6.45) is 1.63. The zero-order valence-corrected chi connectivity index (χ0v) is 16.3. The Kier molecular flexibility index (Phi) is 4.87. The van der Waals surface area contributed by atoms with E-state index in [-0.39, 0.29) is 11.3 Å². The maximum Gasteiger partial charge on any atom is 0.275 e. The minimum atomic E-state index is -0.456. The number of rotatable bonds is 4. The fourth-order valence-corrected chi connectivity index (χ4v) is 3.58. The first-order chi connectivity index (χ1) is 14.1. The molecule has 0 aliphatic heterocycles. The van der Waals surface area contributed by atoms with Crippen LogP contribution in [0.4, 0.5) is 0 Å². The maximum atomic E-state index is 12.2. The quantitative estimate of drug-likeness (QED) is 0.396. The second-order valence-corrected chi connectivity index (χ2v) is 6.88. The van der Waals surface area contributed by atoms with Crippen LogP contribution in [0.5, 0.6) is 5.75 Å². The van der Waals surface area contributed by atoms with Gasteiger partial charge in [-0.05, 0) is 43.5 Å². The molecule has 0 radical (unpaired) electrons. The number of aromatic hydroxyl groups is 1. The van der Waals surface area contributed by atoms with Gasteiger partial charge in [0.05, 0.1) is 17.5 Å². The van der Waals surface area contributed by atoms with E-state index in [9.17, 15) is 9.90 Å². The molecule has 29 heavy (non-hydrogen) atoms. The number of phenolic OH excluding ortho intramolecular Hbond substituents is 1. The molecule has 3 aromatic carbocycles. The lowest BCUT2D eigenvalue weighted by Gasteiger charge is -2.13. The molecule has 5 heteroatoms. The summed E-state index contributed by atoms with van der Waals surface area (Å²) in [5, 5.41) is 16.2. The number of nitrogens with zero attached hydrogens (tertiary/aromatic N) is 2. The van der Waals surface area contributed by atoms with Gasteiger partial charge < -0.3 is 9.67 Å². The topological polar surface area (TPSA) is 66.6 Å². The average molecular weight is 383 g/mol. The number of hydrazone groups is 1. The van der Waals surface area contributed by atoms with Crippen LogP contribution in [0.25, 0.3) is 16.5 Å². The molecular formula is C24H21N3O2. The Balaban J connectivity index is 1.63. The number of hydrogen-bond donors (Lipinski definition) is 2. The summed E-state index contributed by atoms with van der Waals surface area (Å²) in [7, 11) is 0. The first kappa shape index (κ1) is 18.5. The molecule has 2 N–H and O–H groups in total. The second kappa shape index (κ2) is 7.64. The van der Waals surface area contributed by atoms with Crippen LogP contribution in [0.2, 0.25) is 0 Å². The van der Waals surface area contributed by atoms with Crippen molar-refractivity contribution in [3.63, 3.8) is 0 Å². The fraction of sp³-hybridized carbons (Fsp3) is 0.0833. The van der Waals surface area contributed by atoms with Crippen LogP contribution in [0, 0.1) is 13.8 Å². The number of amides is 1. The highest BCUT2D eigenvalue weighted by Crippen LogP contribution is 2.26. The predicted molar refractivity (Wildman–Crippen MR) is 116 cm³/mol. The van der Waals surface area contributed by atoms with Crippen molar-refractivity contribution in [1.82, 2.24) is 9.99 Å². The predicted octanol–water partition coefficient (Wildman–Crippen LogP) is 4.72. The van der Waals surface area contributed by atoms with Gasteiger partial charge in [0.15, 0.2) is 0 Å². The maximum absolute atomic E-state index is 12.2. The zero-order valence-electron chi connectivity index (χ0n) is 16.3. The molecule has 144 valence electrons. The normalized spacial score (nSPS) is 11.2. The van der Waals surface area contributed by atoms with Gasteiger partial charge in [-0.2, -0.15) is 5.10 Å². The van der Waals surface area contributed by atoms with E-state index in [0.717, 1.165) is 22.6 Å². The summed E-state index contributed by atoms with van der Waals surface area (Å²) >= 11 is 0. The van der Waals surface area contributed by atoms with Crippen LogP contribution in [0.3, 0.4) is 0 Å². The minimum absolute atomic E-state index is 0.0747. The van der Waals surface area contributed by atoms with Crippen molar-refractivity contribution < 1.29 is 9.90 Å². The number of nitrogens with one attached hydrogen (secondary N) is 1. The Bertz CT molecular complexity index is 1230. The number of fused-ring (bicyclic) bond motifs is 1. The van der Waals surface area contributed by atoms with Gasteiger partial charge in [-0.3, -0.25) is 4.79 Å². The summed E-state index contributed by atoms with van der Waals surface area (Å²) in [6.45, 7) is 4.08. The van der Waals surface area contributed by atoms with Gasteiger partial charge in [0.2, 0.25) is 0 Å². The molecule has 0 atom stereocenters. The van der Waals surface area contributed by atoms with Crippen molar-refractivity contribution in [1.29, 1.82) is 0 Å². The first-order valence-corrected chi connectivity index (χ1v) is 9.35. The van der Waals surface area contributed by atoms with Crippen molar-refractivity contribution in [2.45, 2.75) is 13.8 Å². The number of aryl methyl sites for hydroxylation is 1. The number of hydrogen-bond acceptors (Lipinski definition) is 3. The zero-order chi connectivity index (χ0) is 20.4. The van der Waals surface area contributed by atoms with E-state index in [1.807, 2.05) is 32.0 Å². The van der Waals surface area contributed by atoms with E-state index < -0.39 is 5.91 Å². The summed E-state index contributed by atoms with van der Waals surface area (Å²) < 4.78 is 2.19. The fourth-order valence-electron chi connectivity index (χ4n) is 3.58. The Labute approximate surface area is 168 Å². The number of para-hydroxylation sites is 1. The van der Waals surface area contributed by atoms with Gasteiger partial charge in [-0.15, -0.1) is 0 Å². The van der Waals surface area contributed by atoms with E-state index in [4.69, 9.17) is 0 Å². The summed E-state index contributed by atoms with van der Waals surface area (Å²) in [5.74, 6) is -0.531. The number of carbonyl (C=O) groups is 1. The van der Waals surface area contributed by atoms with E-state index in [2.05, 4.69) is 45.4 Å². The van der Waals surface area contributed by atoms with Gasteiger partial charge in [0.1, 0.15) is 5.75 Å². The van der Waals surface area contributed by atoms with Gasteiger partial charge in [-0.25, -0.2) is 5.43 Å². The Hall–Kier alpha value is -3.86. The van der Waals surface area contributed by atoms with Gasteiger partial charge in [0.25, 0.3) is 5.91 Å². The molecule has 0 saturated heterocycles. The number of benzene rings is 3. The molecule has 1 aromatic heterocycles. The van der Waals surface area contributed by atoms with Crippen molar-refractivity contribution in [3.05, 3.63) is 95.3 Å². The van der Waals surface area contributed by atoms with E-state index >= 15 is 0 Å². The monoisotopic (exact) mass is 383 g/mol. The molecular weight excluding hydrogens is 362 g/mol. The molecule has 0 aliphatic carbocycles. The Morgan fingerprint density at radius 1 is 1.00 bits per heavy atom. The second-order valence-electron chi connectivity index (χ2n) is 6.88. The molecule has 0 saturated carbocycles. The number of carbonyl (C=O) groups excluding carboxylic acids is 1. The largest absolute Gasteiger partial charge is 0.507 e. The van der Waals surface area contributed by atoms with Crippen molar-refractivity contribution >= 4 is 22.9 Å². The standard InChI is InChI=1S/C24H21N3O2/c1-16-14-19(15-25-26-24(29)21-11-5-6-13-23(21)28)17(2)27(16)22-12-7-9-18-8-3-4-10-20(18)22/h3-15,28H,1-2H3,(H,26,29)/b25-15-. The third kappa shape index (κ3) is 3.50. The molecule has 0 fully saturated rings. The molecule has 0 spiro atoms. The van der Waals surface area contributed by atoms with Gasteiger partial charge in [0, 0.05) is 22.3 Å². The van der Waals surface area contributed by atoms with Crippen molar-refractivity contribution in [2.24, 2.45) is 5.10 Å². The highest BCUT2D eigenvalue weighted by Gasteiger charge is 2.12. The summed E-state index contributed by atoms with van der Waals surface area (Å²) in [4.78, 5) is 12.2. The lowest BCUT2D eigenvalue weighted by molar-refractivity contribution is 0.0952. The molecule has 4 rings (SSSR count). The van der Waals surface area contributed by atoms with Gasteiger partial charge in [-0.1, -0.05) is 48.5 Å². The Morgan fingerprint density at radius 3 is 2.55 bits per heavy atom. The van der Waals surface area contributed by atoms with E-state index in [1.54, 1.807) is 24.4 Å². The number of phenols is 1. The number of aromatic nitrogens is 1. The SMILES string of the molecule is Cc1cc(/C=N\NC(=O)c2ccccc2O)c(C)n1-c1cccc2ccccc12. The van der Waals surface area contributed by atoms with Crippen LogP contribution in [-0.4, -0.2) is 21.8 Å². The third-order valence-electron chi connectivity index (χ3n) is 5.00. The van der Waals surface area contributed by atoms with Crippen LogP contribution in [0.15, 0.2) is 77.9 Å². The van der Waals surface area contributed by atoms with E-state index in [0.29, 0.717) is 0 Å². The van der Waals surface area contributed by atoms with Crippen LogP contribution in [-0.2, 0) is 0 Å². The lowest BCUT2D eigenvalue weighted by Crippen LogP contribution is -2.17. The average Bonchev–Trinajstić information content (AvgIpc) is 3.01. The Morgan fingerprint density at radius 2 is 1.72 bits per heavy atom. The summed E-state index contributed by atoms with van der Waals surface area (Å²) in [6, 6.07) is 22.9. The molecule has 0 unspecified atom stereocenters. The van der Waals surface area contributed by atoms with Gasteiger partial charge >= 0.3 is 0 Å². The lowest BCUT2D eigenvalue weighted by atomic mass is 10.1. The summed E-state index contributed by atoms with van der Waals surface area (Å²) in [5.41, 5.74) is 6.78. The molecule has 0 aliphatic rings. The molecule has 1 heterocycles. The van der Waals surface area contributed by atoms with Crippen LogP contribution >= 0.6 is 0 Å². The van der Waals surface area contributed by atoms with Crippen LogP contribution in [0.1, 0.15) is 27.3 Å². The first-order valence-electron chi connectivity index (χ1n) is 9.35. The third-order valence-corrected chi connectivity index (χ3v) is 5.00.